The van der Waals surface area contributed by atoms with Crippen LogP contribution in [0.5, 0.6) is 11.5 Å². The second-order valence-corrected chi connectivity index (χ2v) is 7.09. The van der Waals surface area contributed by atoms with Crippen molar-refractivity contribution in [3.8, 4) is 11.5 Å². The monoisotopic (exact) mass is 382 g/mol. The van der Waals surface area contributed by atoms with Gasteiger partial charge in [0.15, 0.2) is 11.5 Å². The Morgan fingerprint density at radius 3 is 2.54 bits per heavy atom. The molecule has 2 aromatic rings. The zero-order chi connectivity index (χ0) is 20.3. The molecule has 0 radical (unpaired) electrons. The molecule has 1 fully saturated rings. The molecule has 1 N–H and O–H groups in total. The first-order valence-corrected chi connectivity index (χ1v) is 9.29. The maximum Gasteiger partial charge on any atom is 0.227 e. The first-order chi connectivity index (χ1) is 13.4. The van der Waals surface area contributed by atoms with E-state index >= 15 is 0 Å². The summed E-state index contributed by atoms with van der Waals surface area (Å²) >= 11 is 0. The molecule has 3 rings (SSSR count). The Bertz CT molecular complexity index is 894. The van der Waals surface area contributed by atoms with E-state index in [9.17, 15) is 9.59 Å². The van der Waals surface area contributed by atoms with E-state index in [4.69, 9.17) is 9.47 Å². The summed E-state index contributed by atoms with van der Waals surface area (Å²) in [5, 5.41) is 2.97. The van der Waals surface area contributed by atoms with Crippen molar-refractivity contribution in [3.05, 3.63) is 53.1 Å². The van der Waals surface area contributed by atoms with Gasteiger partial charge in [0.2, 0.25) is 11.8 Å². The van der Waals surface area contributed by atoms with Crippen molar-refractivity contribution in [2.75, 3.05) is 25.7 Å². The van der Waals surface area contributed by atoms with E-state index in [1.807, 2.05) is 26.0 Å². The van der Waals surface area contributed by atoms with Crippen LogP contribution in [-0.2, 0) is 16.1 Å². The van der Waals surface area contributed by atoms with Crippen LogP contribution in [0.4, 0.5) is 5.69 Å². The van der Waals surface area contributed by atoms with Crippen molar-refractivity contribution in [2.24, 2.45) is 5.92 Å². The number of hydrogen-bond donors (Lipinski definition) is 1. The molecule has 1 unspecified atom stereocenters. The van der Waals surface area contributed by atoms with Crippen LogP contribution < -0.4 is 19.7 Å². The van der Waals surface area contributed by atoms with E-state index in [1.54, 1.807) is 37.3 Å². The highest BCUT2D eigenvalue weighted by atomic mass is 16.5. The normalized spacial score (nSPS) is 16.2. The molecule has 1 saturated heterocycles. The van der Waals surface area contributed by atoms with Gasteiger partial charge in [0, 0.05) is 31.3 Å². The predicted octanol–water partition coefficient (Wildman–Crippen LogP) is 2.99. The molecule has 0 aromatic heterocycles. The van der Waals surface area contributed by atoms with Gasteiger partial charge in [0.25, 0.3) is 0 Å². The van der Waals surface area contributed by atoms with Crippen molar-refractivity contribution in [2.45, 2.75) is 26.8 Å². The van der Waals surface area contributed by atoms with Crippen LogP contribution in [0, 0.1) is 19.8 Å². The fraction of sp³-hybridized carbons (Fsp3) is 0.364. The van der Waals surface area contributed by atoms with E-state index in [-0.39, 0.29) is 24.2 Å². The molecule has 1 aliphatic heterocycles. The minimum atomic E-state index is -0.369. The third-order valence-corrected chi connectivity index (χ3v) is 5.13. The largest absolute Gasteiger partial charge is 0.493 e. The number of amides is 2. The first-order valence-electron chi connectivity index (χ1n) is 9.29. The summed E-state index contributed by atoms with van der Waals surface area (Å²) in [7, 11) is 3.12. The zero-order valence-electron chi connectivity index (χ0n) is 16.7. The summed E-state index contributed by atoms with van der Waals surface area (Å²) in [6.07, 6.45) is 0.201. The first kappa shape index (κ1) is 19.7. The highest BCUT2D eigenvalue weighted by Gasteiger charge is 2.35. The van der Waals surface area contributed by atoms with Crippen molar-refractivity contribution in [1.82, 2.24) is 5.32 Å². The lowest BCUT2D eigenvalue weighted by Gasteiger charge is -2.18. The molecule has 0 aliphatic carbocycles. The third kappa shape index (κ3) is 4.11. The third-order valence-electron chi connectivity index (χ3n) is 5.13. The van der Waals surface area contributed by atoms with E-state index in [2.05, 4.69) is 11.4 Å². The average molecular weight is 382 g/mol. The van der Waals surface area contributed by atoms with E-state index < -0.39 is 0 Å². The maximum absolute atomic E-state index is 12.6. The molecule has 0 bridgehead atoms. The topological polar surface area (TPSA) is 67.9 Å². The molecule has 0 spiro atoms. The number of carbonyl (C=O) groups excluding carboxylic acids is 2. The van der Waals surface area contributed by atoms with Crippen LogP contribution in [0.3, 0.4) is 0 Å². The van der Waals surface area contributed by atoms with Crippen molar-refractivity contribution < 1.29 is 19.1 Å². The SMILES string of the molecule is COc1ccc(N2CC(C(=O)NCc3ccc(C)cc3C)CC2=O)cc1OC. The second kappa shape index (κ2) is 8.33. The standard InChI is InChI=1S/C22H26N2O4/c1-14-5-6-16(15(2)9-14)12-23-22(26)17-10-21(25)24(13-17)18-7-8-19(27-3)20(11-18)28-4/h5-9,11,17H,10,12-13H2,1-4H3,(H,23,26). The number of ether oxygens (including phenoxy) is 2. The molecule has 148 valence electrons. The van der Waals surface area contributed by atoms with Gasteiger partial charge in [-0.15, -0.1) is 0 Å². The Kier molecular flexibility index (Phi) is 5.87. The van der Waals surface area contributed by atoms with Gasteiger partial charge in [-0.05, 0) is 37.1 Å². The number of rotatable bonds is 6. The maximum atomic E-state index is 12.6. The number of aryl methyl sites for hydroxylation is 2. The predicted molar refractivity (Wildman–Crippen MR) is 108 cm³/mol. The van der Waals surface area contributed by atoms with Crippen LogP contribution in [-0.4, -0.2) is 32.6 Å². The fourth-order valence-corrected chi connectivity index (χ4v) is 3.50. The van der Waals surface area contributed by atoms with Crippen LogP contribution in [0.15, 0.2) is 36.4 Å². The van der Waals surface area contributed by atoms with Crippen molar-refractivity contribution in [1.29, 1.82) is 0 Å². The molecular weight excluding hydrogens is 356 g/mol. The summed E-state index contributed by atoms with van der Waals surface area (Å²) in [5.74, 6) is 0.609. The number of methoxy groups -OCH3 is 2. The number of nitrogens with zero attached hydrogens (tertiary/aromatic N) is 1. The Hall–Kier alpha value is -3.02. The molecule has 6 heteroatoms. The number of anilines is 1. The van der Waals surface area contributed by atoms with Gasteiger partial charge in [-0.1, -0.05) is 23.8 Å². The van der Waals surface area contributed by atoms with Crippen molar-refractivity contribution in [3.63, 3.8) is 0 Å². The van der Waals surface area contributed by atoms with Gasteiger partial charge < -0.3 is 19.7 Å². The molecule has 28 heavy (non-hydrogen) atoms. The fourth-order valence-electron chi connectivity index (χ4n) is 3.50. The van der Waals surface area contributed by atoms with E-state index in [0.717, 1.165) is 11.1 Å². The van der Waals surface area contributed by atoms with Gasteiger partial charge in [-0.3, -0.25) is 9.59 Å². The molecule has 1 heterocycles. The van der Waals surface area contributed by atoms with Crippen LogP contribution in [0.2, 0.25) is 0 Å². The summed E-state index contributed by atoms with van der Waals surface area (Å²) in [6, 6.07) is 11.5. The zero-order valence-corrected chi connectivity index (χ0v) is 16.7. The molecule has 1 aliphatic rings. The number of hydrogen-bond acceptors (Lipinski definition) is 4. The molecule has 1 atom stereocenters. The number of carbonyl (C=O) groups is 2. The van der Waals surface area contributed by atoms with Crippen molar-refractivity contribution >= 4 is 17.5 Å². The molecule has 6 nitrogen and oxygen atoms in total. The summed E-state index contributed by atoms with van der Waals surface area (Å²) in [5.41, 5.74) is 4.13. The number of benzene rings is 2. The van der Waals surface area contributed by atoms with Gasteiger partial charge in [0.1, 0.15) is 0 Å². The second-order valence-electron chi connectivity index (χ2n) is 7.09. The summed E-state index contributed by atoms with van der Waals surface area (Å²) in [6.45, 7) is 4.90. The van der Waals surface area contributed by atoms with Gasteiger partial charge in [-0.2, -0.15) is 0 Å². The average Bonchev–Trinajstić information content (AvgIpc) is 3.08. The lowest BCUT2D eigenvalue weighted by atomic mass is 10.0. The Morgan fingerprint density at radius 1 is 1.11 bits per heavy atom. The van der Waals surface area contributed by atoms with Crippen LogP contribution in [0.25, 0.3) is 0 Å². The molecular formula is C22H26N2O4. The highest BCUT2D eigenvalue weighted by molar-refractivity contribution is 6.00. The quantitative estimate of drug-likeness (QED) is 0.834. The van der Waals surface area contributed by atoms with E-state index in [0.29, 0.717) is 30.3 Å². The molecule has 2 amide bonds. The minimum absolute atomic E-state index is 0.0705. The Labute approximate surface area is 165 Å². The summed E-state index contributed by atoms with van der Waals surface area (Å²) in [4.78, 5) is 26.7. The Balaban J connectivity index is 1.66. The van der Waals surface area contributed by atoms with Gasteiger partial charge in [-0.25, -0.2) is 0 Å². The smallest absolute Gasteiger partial charge is 0.227 e. The van der Waals surface area contributed by atoms with Crippen LogP contribution >= 0.6 is 0 Å². The molecule has 0 saturated carbocycles. The lowest BCUT2D eigenvalue weighted by Crippen LogP contribution is -2.32. The van der Waals surface area contributed by atoms with Gasteiger partial charge >= 0.3 is 0 Å². The van der Waals surface area contributed by atoms with Crippen LogP contribution in [0.1, 0.15) is 23.1 Å². The van der Waals surface area contributed by atoms with Gasteiger partial charge in [0.05, 0.1) is 20.1 Å². The van der Waals surface area contributed by atoms with E-state index in [1.165, 1.54) is 5.56 Å². The minimum Gasteiger partial charge on any atom is -0.493 e. The summed E-state index contributed by atoms with van der Waals surface area (Å²) < 4.78 is 10.5. The lowest BCUT2D eigenvalue weighted by molar-refractivity contribution is -0.126. The number of nitrogens with one attached hydrogen (secondary N) is 1. The molecule has 2 aromatic carbocycles. The Morgan fingerprint density at radius 2 is 1.86 bits per heavy atom. The highest BCUT2D eigenvalue weighted by Crippen LogP contribution is 2.34.